The van der Waals surface area contributed by atoms with Crippen LogP contribution >= 0.6 is 0 Å². The van der Waals surface area contributed by atoms with Crippen LogP contribution in [0.25, 0.3) is 0 Å². The van der Waals surface area contributed by atoms with E-state index in [0.717, 1.165) is 19.6 Å². The molecule has 0 bridgehead atoms. The predicted molar refractivity (Wildman–Crippen MR) is 46.5 cm³/mol. The number of nitrogens with one attached hydrogen (secondary N) is 1. The van der Waals surface area contributed by atoms with Crippen LogP contribution in [0.2, 0.25) is 0 Å². The molecule has 1 amide bonds. The third-order valence-corrected chi connectivity index (χ3v) is 1.57. The molecule has 0 aromatic heterocycles. The number of hydrogen-bond donors (Lipinski definition) is 1. The summed E-state index contributed by atoms with van der Waals surface area (Å²) in [5.74, 6) is 0.226. The topological polar surface area (TPSA) is 32.3 Å². The number of hydrogen-bond acceptors (Lipinski definition) is 2. The number of piperazine rings is 1. The van der Waals surface area contributed by atoms with Crippen molar-refractivity contribution in [1.29, 1.82) is 0 Å². The highest BCUT2D eigenvalue weighted by Crippen LogP contribution is 1.91. The Balaban J connectivity index is 0.000000461. The zero-order chi connectivity index (χ0) is 8.69. The van der Waals surface area contributed by atoms with Gasteiger partial charge in [-0.15, -0.1) is 0 Å². The molecule has 0 aromatic rings. The zero-order valence-corrected chi connectivity index (χ0v) is 7.68. The van der Waals surface area contributed by atoms with Crippen molar-refractivity contribution < 1.29 is 4.79 Å². The molecule has 11 heavy (non-hydrogen) atoms. The van der Waals surface area contributed by atoms with Crippen LogP contribution in [0.1, 0.15) is 20.8 Å². The van der Waals surface area contributed by atoms with Crippen molar-refractivity contribution >= 4 is 5.91 Å². The summed E-state index contributed by atoms with van der Waals surface area (Å²) in [5, 5.41) is 3.01. The van der Waals surface area contributed by atoms with E-state index < -0.39 is 0 Å². The van der Waals surface area contributed by atoms with Crippen LogP contribution in [-0.4, -0.2) is 37.0 Å². The first-order valence-corrected chi connectivity index (χ1v) is 4.33. The molecule has 0 aliphatic carbocycles. The van der Waals surface area contributed by atoms with Gasteiger partial charge in [0.1, 0.15) is 0 Å². The molecule has 1 heterocycles. The maximum Gasteiger partial charge on any atom is 0.236 e. The summed E-state index contributed by atoms with van der Waals surface area (Å²) in [4.78, 5) is 12.7. The van der Waals surface area contributed by atoms with Crippen molar-refractivity contribution in [3.05, 3.63) is 0 Å². The van der Waals surface area contributed by atoms with Gasteiger partial charge in [-0.1, -0.05) is 13.8 Å². The molecule has 1 rings (SSSR count). The highest BCUT2D eigenvalue weighted by molar-refractivity contribution is 5.78. The van der Waals surface area contributed by atoms with Gasteiger partial charge in [0.25, 0.3) is 0 Å². The average molecular weight is 158 g/mol. The number of amides is 1. The van der Waals surface area contributed by atoms with Gasteiger partial charge < -0.3 is 10.2 Å². The molecule has 0 saturated carbocycles. The Labute approximate surface area is 68.8 Å². The van der Waals surface area contributed by atoms with Crippen LogP contribution in [0.4, 0.5) is 0 Å². The largest absolute Gasteiger partial charge is 0.341 e. The van der Waals surface area contributed by atoms with E-state index in [4.69, 9.17) is 0 Å². The number of carbonyl (C=O) groups excluding carboxylic acids is 1. The van der Waals surface area contributed by atoms with E-state index in [1.165, 1.54) is 0 Å². The van der Waals surface area contributed by atoms with E-state index in [1.54, 1.807) is 0 Å². The molecule has 0 unspecified atom stereocenters. The molecule has 66 valence electrons. The maximum atomic E-state index is 10.9. The maximum absolute atomic E-state index is 10.9. The first kappa shape index (κ1) is 10.4. The molecule has 3 heteroatoms. The van der Waals surface area contributed by atoms with Gasteiger partial charge in [0.05, 0.1) is 6.54 Å². The lowest BCUT2D eigenvalue weighted by Crippen LogP contribution is -2.47. The summed E-state index contributed by atoms with van der Waals surface area (Å²) in [7, 11) is 0. The lowest BCUT2D eigenvalue weighted by atomic mass is 10.3. The van der Waals surface area contributed by atoms with Gasteiger partial charge in [0, 0.05) is 19.6 Å². The fourth-order valence-corrected chi connectivity index (χ4v) is 0.980. The lowest BCUT2D eigenvalue weighted by Gasteiger charge is -2.25. The van der Waals surface area contributed by atoms with Crippen LogP contribution in [-0.2, 0) is 4.79 Å². The third kappa shape index (κ3) is 3.37. The number of nitrogens with zero attached hydrogens (tertiary/aromatic N) is 1. The summed E-state index contributed by atoms with van der Waals surface area (Å²) in [6, 6.07) is 0. The Morgan fingerprint density at radius 1 is 1.55 bits per heavy atom. The smallest absolute Gasteiger partial charge is 0.236 e. The fraction of sp³-hybridized carbons (Fsp3) is 0.875. The average Bonchev–Trinajstić information content (AvgIpc) is 2.09. The van der Waals surface area contributed by atoms with Crippen molar-refractivity contribution in [2.75, 3.05) is 26.2 Å². The summed E-state index contributed by atoms with van der Waals surface area (Å²) >= 11 is 0. The zero-order valence-electron chi connectivity index (χ0n) is 7.68. The SMILES string of the molecule is CC.CCN1CCNCC1=O. The van der Waals surface area contributed by atoms with E-state index in [1.807, 2.05) is 25.7 Å². The Bertz CT molecular complexity index is 115. The second-order valence-electron chi connectivity index (χ2n) is 2.15. The summed E-state index contributed by atoms with van der Waals surface area (Å²) in [5.41, 5.74) is 0. The molecule has 0 atom stereocenters. The van der Waals surface area contributed by atoms with E-state index in [2.05, 4.69) is 5.32 Å². The van der Waals surface area contributed by atoms with Crippen molar-refractivity contribution in [3.63, 3.8) is 0 Å². The number of rotatable bonds is 1. The second kappa shape index (κ2) is 6.16. The molecule has 0 radical (unpaired) electrons. The van der Waals surface area contributed by atoms with Crippen molar-refractivity contribution in [2.24, 2.45) is 0 Å². The normalized spacial score (nSPS) is 17.4. The van der Waals surface area contributed by atoms with Gasteiger partial charge in [-0.3, -0.25) is 4.79 Å². The van der Waals surface area contributed by atoms with Crippen LogP contribution in [0.15, 0.2) is 0 Å². The quantitative estimate of drug-likeness (QED) is 0.601. The molecule has 0 spiro atoms. The standard InChI is InChI=1S/C6H12N2O.C2H6/c1-2-8-4-3-7-5-6(8)9;1-2/h7H,2-5H2,1H3;1-2H3. The van der Waals surface area contributed by atoms with Gasteiger partial charge in [0.15, 0.2) is 0 Å². The highest BCUT2D eigenvalue weighted by Gasteiger charge is 2.14. The van der Waals surface area contributed by atoms with Crippen LogP contribution in [0.3, 0.4) is 0 Å². The Morgan fingerprint density at radius 2 is 2.18 bits per heavy atom. The van der Waals surface area contributed by atoms with Gasteiger partial charge in [-0.05, 0) is 6.92 Å². The molecule has 1 saturated heterocycles. The Hall–Kier alpha value is -0.570. The van der Waals surface area contributed by atoms with Crippen LogP contribution in [0, 0.1) is 0 Å². The van der Waals surface area contributed by atoms with E-state index in [0.29, 0.717) is 6.54 Å². The van der Waals surface area contributed by atoms with Crippen LogP contribution < -0.4 is 5.32 Å². The van der Waals surface area contributed by atoms with E-state index in [9.17, 15) is 4.79 Å². The van der Waals surface area contributed by atoms with Crippen LogP contribution in [0.5, 0.6) is 0 Å². The van der Waals surface area contributed by atoms with Gasteiger partial charge in [0.2, 0.25) is 5.91 Å². The summed E-state index contributed by atoms with van der Waals surface area (Å²) in [6.45, 7) is 9.19. The molecule has 3 nitrogen and oxygen atoms in total. The van der Waals surface area contributed by atoms with Gasteiger partial charge >= 0.3 is 0 Å². The third-order valence-electron chi connectivity index (χ3n) is 1.57. The fourth-order valence-electron chi connectivity index (χ4n) is 0.980. The number of carbonyl (C=O) groups is 1. The molecule has 1 aliphatic heterocycles. The first-order valence-electron chi connectivity index (χ1n) is 4.33. The van der Waals surface area contributed by atoms with E-state index in [-0.39, 0.29) is 5.91 Å². The molecular weight excluding hydrogens is 140 g/mol. The first-order chi connectivity index (χ1) is 5.34. The molecule has 1 aliphatic rings. The minimum Gasteiger partial charge on any atom is -0.341 e. The minimum atomic E-state index is 0.226. The molecule has 1 fully saturated rings. The predicted octanol–water partition coefficient (Wildman–Crippen LogP) is 0.464. The van der Waals surface area contributed by atoms with Crippen molar-refractivity contribution in [2.45, 2.75) is 20.8 Å². The van der Waals surface area contributed by atoms with Crippen molar-refractivity contribution in [3.8, 4) is 0 Å². The Morgan fingerprint density at radius 3 is 2.55 bits per heavy atom. The Kier molecular flexibility index (Phi) is 5.84. The second-order valence-corrected chi connectivity index (χ2v) is 2.15. The van der Waals surface area contributed by atoms with E-state index >= 15 is 0 Å². The highest BCUT2D eigenvalue weighted by atomic mass is 16.2. The van der Waals surface area contributed by atoms with Crippen molar-refractivity contribution in [1.82, 2.24) is 10.2 Å². The summed E-state index contributed by atoms with van der Waals surface area (Å²) in [6.07, 6.45) is 0. The monoisotopic (exact) mass is 158 g/mol. The van der Waals surface area contributed by atoms with Gasteiger partial charge in [-0.25, -0.2) is 0 Å². The summed E-state index contributed by atoms with van der Waals surface area (Å²) < 4.78 is 0. The lowest BCUT2D eigenvalue weighted by molar-refractivity contribution is -0.131. The molecule has 1 N–H and O–H groups in total. The number of likely N-dealkylation sites (N-methyl/N-ethyl adjacent to an activating group) is 1. The molecule has 0 aromatic carbocycles. The van der Waals surface area contributed by atoms with Gasteiger partial charge in [-0.2, -0.15) is 0 Å². The minimum absolute atomic E-state index is 0.226. The molecular formula is C8H18N2O.